The molecule has 0 aliphatic heterocycles. The van der Waals surface area contributed by atoms with Crippen molar-refractivity contribution < 1.29 is 29.3 Å². The number of aliphatic hydroxyl groups is 1. The van der Waals surface area contributed by atoms with E-state index in [0.29, 0.717) is 19.6 Å². The standard InChI is InChI=1S/C33H42N4O6/c1-4-13-37(14-5-2)33(42)26-18-24(31(34)40)17-25(19-26)32(41)36-29(16-22-9-11-27(38)12-10-22)30(39)21-35-20-23-7-6-8-28(15-23)43-3/h6-12,15,17-19,29-30,35,38-39H,4-5,13-14,16,20-21H2,1-3H3,(H2,34,40)(H,36,41)/t29-,30+/m0/s1. The number of benzene rings is 3. The average Bonchev–Trinajstić information content (AvgIpc) is 3.01. The Kier molecular flexibility index (Phi) is 12.5. The van der Waals surface area contributed by atoms with E-state index in [1.54, 1.807) is 24.1 Å². The molecule has 0 saturated carbocycles. The van der Waals surface area contributed by atoms with Crippen LogP contribution in [0.2, 0.25) is 0 Å². The van der Waals surface area contributed by atoms with Gasteiger partial charge in [0.25, 0.3) is 11.8 Å². The summed E-state index contributed by atoms with van der Waals surface area (Å²) < 4.78 is 5.27. The minimum Gasteiger partial charge on any atom is -0.508 e. The van der Waals surface area contributed by atoms with Gasteiger partial charge in [-0.1, -0.05) is 38.1 Å². The lowest BCUT2D eigenvalue weighted by Crippen LogP contribution is -2.48. The average molecular weight is 591 g/mol. The first-order valence-corrected chi connectivity index (χ1v) is 14.5. The molecule has 3 aromatic rings. The fraction of sp³-hybridized carbons (Fsp3) is 0.364. The van der Waals surface area contributed by atoms with E-state index in [0.717, 1.165) is 29.7 Å². The van der Waals surface area contributed by atoms with E-state index in [1.807, 2.05) is 38.1 Å². The highest BCUT2D eigenvalue weighted by molar-refractivity contribution is 6.04. The number of phenolic OH excluding ortho intramolecular Hbond substituents is 1. The van der Waals surface area contributed by atoms with E-state index < -0.39 is 24.0 Å². The Hall–Kier alpha value is -4.41. The molecular weight excluding hydrogens is 548 g/mol. The molecule has 43 heavy (non-hydrogen) atoms. The van der Waals surface area contributed by atoms with Crippen molar-refractivity contribution in [1.29, 1.82) is 0 Å². The summed E-state index contributed by atoms with van der Waals surface area (Å²) in [5.74, 6) is -0.788. The smallest absolute Gasteiger partial charge is 0.253 e. The highest BCUT2D eigenvalue weighted by atomic mass is 16.5. The first-order valence-electron chi connectivity index (χ1n) is 14.5. The number of aliphatic hydroxyl groups excluding tert-OH is 1. The third-order valence-corrected chi connectivity index (χ3v) is 6.99. The van der Waals surface area contributed by atoms with Crippen molar-refractivity contribution in [2.24, 2.45) is 5.73 Å². The van der Waals surface area contributed by atoms with Gasteiger partial charge in [-0.05, 0) is 72.9 Å². The third-order valence-electron chi connectivity index (χ3n) is 6.99. The van der Waals surface area contributed by atoms with Crippen molar-refractivity contribution in [1.82, 2.24) is 15.5 Å². The number of amides is 3. The molecule has 3 amide bonds. The lowest BCUT2D eigenvalue weighted by atomic mass is 9.99. The Balaban J connectivity index is 1.84. The first-order chi connectivity index (χ1) is 20.6. The Morgan fingerprint density at radius 2 is 1.56 bits per heavy atom. The van der Waals surface area contributed by atoms with Crippen LogP contribution in [0.5, 0.6) is 11.5 Å². The maximum Gasteiger partial charge on any atom is 0.253 e. The van der Waals surface area contributed by atoms with E-state index in [2.05, 4.69) is 10.6 Å². The summed E-state index contributed by atoms with van der Waals surface area (Å²) in [7, 11) is 1.59. The van der Waals surface area contributed by atoms with Gasteiger partial charge in [0, 0.05) is 42.9 Å². The van der Waals surface area contributed by atoms with Crippen molar-refractivity contribution in [2.45, 2.75) is 51.8 Å². The molecule has 0 spiro atoms. The third kappa shape index (κ3) is 9.83. The summed E-state index contributed by atoms with van der Waals surface area (Å²) in [4.78, 5) is 40.7. The molecule has 0 aromatic heterocycles. The number of hydrogen-bond acceptors (Lipinski definition) is 7. The van der Waals surface area contributed by atoms with Crippen LogP contribution < -0.4 is 21.1 Å². The van der Waals surface area contributed by atoms with E-state index >= 15 is 0 Å². The molecule has 10 heteroatoms. The number of carbonyl (C=O) groups excluding carboxylic acids is 3. The van der Waals surface area contributed by atoms with Gasteiger partial charge < -0.3 is 36.2 Å². The minimum absolute atomic E-state index is 0.0412. The van der Waals surface area contributed by atoms with Crippen molar-refractivity contribution in [3.8, 4) is 11.5 Å². The van der Waals surface area contributed by atoms with Crippen LogP contribution in [0.3, 0.4) is 0 Å². The van der Waals surface area contributed by atoms with Gasteiger partial charge in [0.2, 0.25) is 5.91 Å². The minimum atomic E-state index is -1.01. The van der Waals surface area contributed by atoms with Crippen LogP contribution in [0.4, 0.5) is 0 Å². The number of hydrogen-bond donors (Lipinski definition) is 5. The first kappa shape index (κ1) is 33.1. The number of rotatable bonds is 16. The maximum atomic E-state index is 13.6. The van der Waals surface area contributed by atoms with Crippen LogP contribution in [0.1, 0.15) is 68.9 Å². The van der Waals surface area contributed by atoms with Crippen LogP contribution in [0.25, 0.3) is 0 Å². The molecule has 230 valence electrons. The predicted octanol–water partition coefficient (Wildman–Crippen LogP) is 3.25. The molecule has 0 saturated heterocycles. The predicted molar refractivity (Wildman–Crippen MR) is 165 cm³/mol. The highest BCUT2D eigenvalue weighted by Crippen LogP contribution is 2.17. The molecule has 0 radical (unpaired) electrons. The summed E-state index contributed by atoms with van der Waals surface area (Å²) >= 11 is 0. The van der Waals surface area contributed by atoms with Gasteiger partial charge in [-0.15, -0.1) is 0 Å². The van der Waals surface area contributed by atoms with Crippen LogP contribution in [0.15, 0.2) is 66.7 Å². The zero-order chi connectivity index (χ0) is 31.4. The number of methoxy groups -OCH3 is 1. The van der Waals surface area contributed by atoms with Gasteiger partial charge in [0.15, 0.2) is 0 Å². The number of phenols is 1. The van der Waals surface area contributed by atoms with Crippen LogP contribution in [-0.4, -0.2) is 71.7 Å². The van der Waals surface area contributed by atoms with Gasteiger partial charge in [-0.2, -0.15) is 0 Å². The molecule has 0 aliphatic carbocycles. The number of carbonyl (C=O) groups is 3. The van der Waals surface area contributed by atoms with Crippen LogP contribution in [0, 0.1) is 0 Å². The topological polar surface area (TPSA) is 154 Å². The SMILES string of the molecule is CCCN(CCC)C(=O)c1cc(C(N)=O)cc(C(=O)N[C@@H](Cc2ccc(O)cc2)[C@H](O)CNCc2cccc(OC)c2)c1. The monoisotopic (exact) mass is 590 g/mol. The number of ether oxygens (including phenoxy) is 1. The van der Waals surface area contributed by atoms with E-state index in [-0.39, 0.29) is 41.3 Å². The molecule has 0 unspecified atom stereocenters. The van der Waals surface area contributed by atoms with Crippen LogP contribution in [-0.2, 0) is 13.0 Å². The van der Waals surface area contributed by atoms with Crippen molar-refractivity contribution >= 4 is 17.7 Å². The summed E-state index contributed by atoms with van der Waals surface area (Å²) in [5, 5.41) is 27.0. The second-order valence-electron chi connectivity index (χ2n) is 10.5. The zero-order valence-corrected chi connectivity index (χ0v) is 25.0. The number of aromatic hydroxyl groups is 1. The second kappa shape index (κ2) is 16.3. The number of primary amides is 1. The fourth-order valence-electron chi connectivity index (χ4n) is 4.77. The summed E-state index contributed by atoms with van der Waals surface area (Å²) in [6.07, 6.45) is 0.776. The molecule has 3 rings (SSSR count). The summed E-state index contributed by atoms with van der Waals surface area (Å²) in [5.41, 5.74) is 7.62. The van der Waals surface area contributed by atoms with Gasteiger partial charge in [0.1, 0.15) is 11.5 Å². The summed E-state index contributed by atoms with van der Waals surface area (Å²) in [6.45, 7) is 5.65. The molecule has 0 fully saturated rings. The normalized spacial score (nSPS) is 12.3. The van der Waals surface area contributed by atoms with Crippen molar-refractivity contribution in [2.75, 3.05) is 26.7 Å². The van der Waals surface area contributed by atoms with E-state index in [1.165, 1.54) is 30.3 Å². The molecular formula is C33H42N4O6. The van der Waals surface area contributed by atoms with Gasteiger partial charge in [-0.25, -0.2) is 0 Å². The molecule has 10 nitrogen and oxygen atoms in total. The highest BCUT2D eigenvalue weighted by Gasteiger charge is 2.25. The fourth-order valence-corrected chi connectivity index (χ4v) is 4.77. The molecule has 2 atom stereocenters. The van der Waals surface area contributed by atoms with E-state index in [9.17, 15) is 24.6 Å². The maximum absolute atomic E-state index is 13.6. The Morgan fingerprint density at radius 1 is 0.907 bits per heavy atom. The van der Waals surface area contributed by atoms with Crippen molar-refractivity contribution in [3.63, 3.8) is 0 Å². The molecule has 0 heterocycles. The summed E-state index contributed by atoms with van der Waals surface area (Å²) in [6, 6.07) is 17.5. The molecule has 0 aliphatic rings. The second-order valence-corrected chi connectivity index (χ2v) is 10.5. The van der Waals surface area contributed by atoms with Crippen molar-refractivity contribution in [3.05, 3.63) is 94.5 Å². The number of nitrogens with two attached hydrogens (primary N) is 1. The van der Waals surface area contributed by atoms with Gasteiger partial charge in [0.05, 0.1) is 19.3 Å². The zero-order valence-electron chi connectivity index (χ0n) is 25.0. The Bertz CT molecular complexity index is 1370. The van der Waals surface area contributed by atoms with Crippen LogP contribution >= 0.6 is 0 Å². The lowest BCUT2D eigenvalue weighted by Gasteiger charge is -2.25. The number of nitrogens with one attached hydrogen (secondary N) is 2. The largest absolute Gasteiger partial charge is 0.508 e. The molecule has 6 N–H and O–H groups in total. The molecule has 0 bridgehead atoms. The van der Waals surface area contributed by atoms with Gasteiger partial charge in [-0.3, -0.25) is 14.4 Å². The molecule has 3 aromatic carbocycles. The Morgan fingerprint density at radius 3 is 2.19 bits per heavy atom. The Labute approximate surface area is 252 Å². The number of nitrogens with zero attached hydrogens (tertiary/aromatic N) is 1. The lowest BCUT2D eigenvalue weighted by molar-refractivity contribution is 0.0755. The quantitative estimate of drug-likeness (QED) is 0.172. The van der Waals surface area contributed by atoms with E-state index in [4.69, 9.17) is 10.5 Å². The van der Waals surface area contributed by atoms with Gasteiger partial charge >= 0.3 is 0 Å².